The summed E-state index contributed by atoms with van der Waals surface area (Å²) in [5, 5.41) is 11.4. The molecule has 0 bridgehead atoms. The molecule has 2 aromatic rings. The number of unbranched alkanes of at least 4 members (excludes halogenated alkanes) is 1. The van der Waals surface area contributed by atoms with E-state index in [1.807, 2.05) is 37.3 Å². The standard InChI is InChI=1S/C23H27N3O6S/c1-2-3-13-32-22(27)24-14-19(18-9-5-4-6-10-18)23(15-24)16-25(17-23)33(30,31)21-12-8-7-11-20(21)26(28)29/h4-12,19H,2-3,13-17H2,1H3/t19-/m1/s1. The third-order valence-electron chi connectivity index (χ3n) is 6.49. The van der Waals surface area contributed by atoms with Crippen LogP contribution in [-0.4, -0.2) is 61.4 Å². The van der Waals surface area contributed by atoms with Crippen molar-refractivity contribution in [3.05, 3.63) is 70.3 Å². The van der Waals surface area contributed by atoms with E-state index in [0.29, 0.717) is 19.7 Å². The number of nitro groups is 1. The van der Waals surface area contributed by atoms with Crippen molar-refractivity contribution in [3.8, 4) is 0 Å². The normalized spacial score (nSPS) is 19.9. The van der Waals surface area contributed by atoms with Crippen LogP contribution in [-0.2, 0) is 14.8 Å². The molecule has 33 heavy (non-hydrogen) atoms. The van der Waals surface area contributed by atoms with Gasteiger partial charge in [0.25, 0.3) is 5.69 Å². The SMILES string of the molecule is CCCCOC(=O)N1C[C@H](c2ccccc2)C2(C1)CN(S(=O)(=O)c1ccccc1[N+](=O)[O-])C2. The van der Waals surface area contributed by atoms with Crippen molar-refractivity contribution < 1.29 is 22.9 Å². The minimum atomic E-state index is -4.05. The number of benzene rings is 2. The largest absolute Gasteiger partial charge is 0.449 e. The topological polar surface area (TPSA) is 110 Å². The summed E-state index contributed by atoms with van der Waals surface area (Å²) in [5.41, 5.74) is 0.122. The molecule has 1 spiro atoms. The van der Waals surface area contributed by atoms with Gasteiger partial charge in [0.15, 0.2) is 4.90 Å². The van der Waals surface area contributed by atoms with Crippen LogP contribution in [0.25, 0.3) is 0 Å². The van der Waals surface area contributed by atoms with Crippen LogP contribution in [0.4, 0.5) is 10.5 Å². The maximum Gasteiger partial charge on any atom is 0.409 e. The van der Waals surface area contributed by atoms with Gasteiger partial charge in [0.2, 0.25) is 10.0 Å². The van der Waals surface area contributed by atoms with Crippen LogP contribution in [0.5, 0.6) is 0 Å². The Kier molecular flexibility index (Phi) is 6.40. The quantitative estimate of drug-likeness (QED) is 0.345. The van der Waals surface area contributed by atoms with E-state index in [0.717, 1.165) is 18.4 Å². The minimum Gasteiger partial charge on any atom is -0.449 e. The molecule has 176 valence electrons. The molecule has 0 N–H and O–H groups in total. The highest BCUT2D eigenvalue weighted by Crippen LogP contribution is 2.51. The van der Waals surface area contributed by atoms with E-state index in [2.05, 4.69) is 0 Å². The van der Waals surface area contributed by atoms with Crippen LogP contribution in [0, 0.1) is 15.5 Å². The van der Waals surface area contributed by atoms with E-state index in [1.54, 1.807) is 4.90 Å². The zero-order chi connectivity index (χ0) is 23.6. The molecule has 0 aliphatic carbocycles. The van der Waals surface area contributed by atoms with Gasteiger partial charge < -0.3 is 9.64 Å². The monoisotopic (exact) mass is 473 g/mol. The molecule has 2 aliphatic heterocycles. The lowest BCUT2D eigenvalue weighted by Crippen LogP contribution is -2.61. The Labute approximate surface area is 193 Å². The lowest BCUT2D eigenvalue weighted by Gasteiger charge is -2.49. The van der Waals surface area contributed by atoms with Crippen molar-refractivity contribution in [2.24, 2.45) is 5.41 Å². The molecular formula is C23H27N3O6S. The van der Waals surface area contributed by atoms with Crippen molar-refractivity contribution in [3.63, 3.8) is 0 Å². The van der Waals surface area contributed by atoms with Crippen molar-refractivity contribution in [2.75, 3.05) is 32.8 Å². The average molecular weight is 474 g/mol. The number of sulfonamides is 1. The molecule has 0 unspecified atom stereocenters. The molecule has 0 radical (unpaired) electrons. The number of nitrogens with zero attached hydrogens (tertiary/aromatic N) is 3. The maximum atomic E-state index is 13.2. The Bertz CT molecular complexity index is 1130. The number of para-hydroxylation sites is 1. The molecule has 1 amide bonds. The van der Waals surface area contributed by atoms with Crippen molar-refractivity contribution in [2.45, 2.75) is 30.6 Å². The summed E-state index contributed by atoms with van der Waals surface area (Å²) in [6, 6.07) is 15.1. The van der Waals surface area contributed by atoms with E-state index >= 15 is 0 Å². The molecule has 9 nitrogen and oxygen atoms in total. The number of ether oxygens (including phenoxy) is 1. The van der Waals surface area contributed by atoms with Crippen LogP contribution >= 0.6 is 0 Å². The first-order valence-electron chi connectivity index (χ1n) is 11.0. The average Bonchev–Trinajstić information content (AvgIpc) is 3.20. The number of rotatable bonds is 7. The van der Waals surface area contributed by atoms with Crippen molar-refractivity contribution in [1.29, 1.82) is 0 Å². The van der Waals surface area contributed by atoms with Crippen LogP contribution in [0.15, 0.2) is 59.5 Å². The lowest BCUT2D eigenvalue weighted by molar-refractivity contribution is -0.387. The fraction of sp³-hybridized carbons (Fsp3) is 0.435. The third-order valence-corrected chi connectivity index (χ3v) is 8.33. The Morgan fingerprint density at radius 1 is 1.12 bits per heavy atom. The first-order valence-corrected chi connectivity index (χ1v) is 12.4. The van der Waals surface area contributed by atoms with E-state index in [1.165, 1.54) is 28.6 Å². The minimum absolute atomic E-state index is 0.0605. The van der Waals surface area contributed by atoms with Crippen molar-refractivity contribution >= 4 is 21.8 Å². The smallest absolute Gasteiger partial charge is 0.409 e. The molecule has 2 heterocycles. The second kappa shape index (κ2) is 9.11. The fourth-order valence-corrected chi connectivity index (χ4v) is 6.55. The highest BCUT2D eigenvalue weighted by atomic mass is 32.2. The summed E-state index contributed by atoms with van der Waals surface area (Å²) in [6.45, 7) is 3.55. The van der Waals surface area contributed by atoms with E-state index in [9.17, 15) is 23.3 Å². The molecule has 10 heteroatoms. The first-order chi connectivity index (χ1) is 15.8. The number of hydrogen-bond donors (Lipinski definition) is 0. The molecule has 0 saturated carbocycles. The predicted molar refractivity (Wildman–Crippen MR) is 121 cm³/mol. The van der Waals surface area contributed by atoms with Gasteiger partial charge in [-0.25, -0.2) is 13.2 Å². The zero-order valence-corrected chi connectivity index (χ0v) is 19.2. The Morgan fingerprint density at radius 2 is 1.79 bits per heavy atom. The van der Waals surface area contributed by atoms with Gasteiger partial charge in [-0.05, 0) is 18.1 Å². The number of amides is 1. The molecule has 1 atom stereocenters. The van der Waals surface area contributed by atoms with E-state index < -0.39 is 26.0 Å². The maximum absolute atomic E-state index is 13.2. The molecule has 2 aromatic carbocycles. The number of carbonyl (C=O) groups excluding carboxylic acids is 1. The molecule has 2 fully saturated rings. The van der Waals surface area contributed by atoms with Gasteiger partial charge in [-0.2, -0.15) is 4.31 Å². The van der Waals surface area contributed by atoms with E-state index in [-0.39, 0.29) is 30.0 Å². The highest BCUT2D eigenvalue weighted by molar-refractivity contribution is 7.89. The molecule has 2 aliphatic rings. The Hall–Kier alpha value is -2.98. The van der Waals surface area contributed by atoms with Crippen LogP contribution in [0.3, 0.4) is 0 Å². The van der Waals surface area contributed by atoms with Crippen LogP contribution in [0.1, 0.15) is 31.2 Å². The van der Waals surface area contributed by atoms with Gasteiger partial charge in [0.05, 0.1) is 11.5 Å². The van der Waals surface area contributed by atoms with Gasteiger partial charge in [-0.3, -0.25) is 10.1 Å². The second-order valence-electron chi connectivity index (χ2n) is 8.67. The second-order valence-corrected chi connectivity index (χ2v) is 10.6. The highest BCUT2D eigenvalue weighted by Gasteiger charge is 2.59. The predicted octanol–water partition coefficient (Wildman–Crippen LogP) is 3.62. The summed E-state index contributed by atoms with van der Waals surface area (Å²) in [4.78, 5) is 24.7. The van der Waals surface area contributed by atoms with Gasteiger partial charge >= 0.3 is 6.09 Å². The van der Waals surface area contributed by atoms with Gasteiger partial charge in [0, 0.05) is 43.6 Å². The molecule has 2 saturated heterocycles. The summed E-state index contributed by atoms with van der Waals surface area (Å²) >= 11 is 0. The van der Waals surface area contributed by atoms with E-state index in [4.69, 9.17) is 4.74 Å². The molecule has 0 aromatic heterocycles. The first kappa shape index (κ1) is 23.2. The Balaban J connectivity index is 1.58. The van der Waals surface area contributed by atoms with Crippen LogP contribution < -0.4 is 0 Å². The summed E-state index contributed by atoms with van der Waals surface area (Å²) < 4.78 is 33.1. The fourth-order valence-electron chi connectivity index (χ4n) is 4.76. The molecule has 4 rings (SSSR count). The lowest BCUT2D eigenvalue weighted by atomic mass is 9.70. The van der Waals surface area contributed by atoms with Crippen molar-refractivity contribution in [1.82, 2.24) is 9.21 Å². The third kappa shape index (κ3) is 4.32. The summed E-state index contributed by atoms with van der Waals surface area (Å²) in [7, 11) is -4.05. The summed E-state index contributed by atoms with van der Waals surface area (Å²) in [5.74, 6) is -0.0605. The zero-order valence-electron chi connectivity index (χ0n) is 18.4. The van der Waals surface area contributed by atoms with Gasteiger partial charge in [0.1, 0.15) is 0 Å². The number of carbonyl (C=O) groups is 1. The summed E-state index contributed by atoms with van der Waals surface area (Å²) in [6.07, 6.45) is 1.32. The number of hydrogen-bond acceptors (Lipinski definition) is 6. The number of likely N-dealkylation sites (tertiary alicyclic amines) is 1. The Morgan fingerprint density at radius 3 is 2.45 bits per heavy atom. The molecular weight excluding hydrogens is 446 g/mol. The van der Waals surface area contributed by atoms with Crippen LogP contribution in [0.2, 0.25) is 0 Å². The van der Waals surface area contributed by atoms with Gasteiger partial charge in [-0.1, -0.05) is 55.8 Å². The number of nitro benzene ring substituents is 1. The van der Waals surface area contributed by atoms with Gasteiger partial charge in [-0.15, -0.1) is 0 Å².